The first-order valence-electron chi connectivity index (χ1n) is 5.75. The summed E-state index contributed by atoms with van der Waals surface area (Å²) >= 11 is 0. The van der Waals surface area contributed by atoms with E-state index in [9.17, 15) is 0 Å². The first-order valence-corrected chi connectivity index (χ1v) is 5.75. The lowest BCUT2D eigenvalue weighted by Crippen LogP contribution is -2.03. The van der Waals surface area contributed by atoms with Gasteiger partial charge in [-0.05, 0) is 37.0 Å². The molecule has 3 heteroatoms. The number of aromatic nitrogens is 2. The number of fused-ring (bicyclic) bond motifs is 1. The van der Waals surface area contributed by atoms with Gasteiger partial charge in [0.1, 0.15) is 0 Å². The number of nitrogens with zero attached hydrogens (tertiary/aromatic N) is 2. The molecule has 0 fully saturated rings. The molecule has 1 aromatic carbocycles. The van der Waals surface area contributed by atoms with Gasteiger partial charge in [-0.1, -0.05) is 18.2 Å². The van der Waals surface area contributed by atoms with E-state index in [1.54, 1.807) is 0 Å². The highest BCUT2D eigenvalue weighted by Crippen LogP contribution is 2.27. The third-order valence-electron chi connectivity index (χ3n) is 3.21. The lowest BCUT2D eigenvalue weighted by molar-refractivity contribution is 0.758. The molecule has 2 aromatic rings. The monoisotopic (exact) mass is 213 g/mol. The lowest BCUT2D eigenvalue weighted by atomic mass is 10.2. The Bertz CT molecular complexity index is 499. The van der Waals surface area contributed by atoms with Crippen LogP contribution in [0.3, 0.4) is 0 Å². The van der Waals surface area contributed by atoms with Gasteiger partial charge in [0.15, 0.2) is 0 Å². The van der Waals surface area contributed by atoms with E-state index in [0.29, 0.717) is 6.54 Å². The van der Waals surface area contributed by atoms with Gasteiger partial charge < -0.3 is 5.73 Å². The van der Waals surface area contributed by atoms with E-state index < -0.39 is 0 Å². The maximum atomic E-state index is 5.74. The zero-order chi connectivity index (χ0) is 11.0. The number of rotatable bonds is 2. The van der Waals surface area contributed by atoms with E-state index in [2.05, 4.69) is 21.9 Å². The van der Waals surface area contributed by atoms with Crippen LogP contribution in [-0.2, 0) is 19.4 Å². The first-order chi connectivity index (χ1) is 7.90. The predicted molar refractivity (Wildman–Crippen MR) is 63.5 cm³/mol. The Morgan fingerprint density at radius 2 is 2.00 bits per heavy atom. The van der Waals surface area contributed by atoms with Crippen LogP contribution in [0.2, 0.25) is 0 Å². The predicted octanol–water partition coefficient (Wildman–Crippen LogP) is 1.82. The highest BCUT2D eigenvalue weighted by molar-refractivity contribution is 5.39. The molecule has 1 aliphatic carbocycles. The van der Waals surface area contributed by atoms with Crippen molar-refractivity contribution in [1.82, 2.24) is 9.78 Å². The zero-order valence-corrected chi connectivity index (χ0v) is 9.19. The van der Waals surface area contributed by atoms with Crippen molar-refractivity contribution in [2.24, 2.45) is 5.73 Å². The lowest BCUT2D eigenvalue weighted by Gasteiger charge is -2.04. The quantitative estimate of drug-likeness (QED) is 0.827. The van der Waals surface area contributed by atoms with Gasteiger partial charge in [-0.3, -0.25) is 0 Å². The maximum absolute atomic E-state index is 5.74. The van der Waals surface area contributed by atoms with E-state index in [4.69, 9.17) is 5.73 Å². The van der Waals surface area contributed by atoms with E-state index in [0.717, 1.165) is 24.2 Å². The average Bonchev–Trinajstić information content (AvgIpc) is 2.91. The van der Waals surface area contributed by atoms with Crippen molar-refractivity contribution in [3.8, 4) is 5.69 Å². The van der Waals surface area contributed by atoms with Gasteiger partial charge in [-0.25, -0.2) is 4.68 Å². The smallest absolute Gasteiger partial charge is 0.0799 e. The molecule has 0 unspecified atom stereocenters. The first kappa shape index (κ1) is 9.60. The second-order valence-electron chi connectivity index (χ2n) is 4.18. The molecule has 0 atom stereocenters. The van der Waals surface area contributed by atoms with Gasteiger partial charge in [0.25, 0.3) is 0 Å². The van der Waals surface area contributed by atoms with Crippen molar-refractivity contribution in [1.29, 1.82) is 0 Å². The van der Waals surface area contributed by atoms with Crippen molar-refractivity contribution in [2.45, 2.75) is 25.8 Å². The molecule has 3 rings (SSSR count). The number of benzene rings is 1. The van der Waals surface area contributed by atoms with Crippen LogP contribution in [-0.4, -0.2) is 9.78 Å². The minimum absolute atomic E-state index is 0.544. The molecular formula is C13H15N3. The van der Waals surface area contributed by atoms with Crippen molar-refractivity contribution >= 4 is 0 Å². The summed E-state index contributed by atoms with van der Waals surface area (Å²) in [4.78, 5) is 0. The number of hydrogen-bond donors (Lipinski definition) is 1. The molecular weight excluding hydrogens is 198 g/mol. The van der Waals surface area contributed by atoms with Crippen molar-refractivity contribution in [3.05, 3.63) is 47.3 Å². The van der Waals surface area contributed by atoms with E-state index in [1.807, 2.05) is 18.2 Å². The summed E-state index contributed by atoms with van der Waals surface area (Å²) in [6.45, 7) is 0.544. The summed E-state index contributed by atoms with van der Waals surface area (Å²) in [5, 5.41) is 4.61. The van der Waals surface area contributed by atoms with Crippen LogP contribution in [0.15, 0.2) is 30.3 Å². The molecule has 1 heterocycles. The second kappa shape index (κ2) is 3.76. The van der Waals surface area contributed by atoms with Crippen LogP contribution in [0.5, 0.6) is 0 Å². The number of hydrogen-bond acceptors (Lipinski definition) is 2. The summed E-state index contributed by atoms with van der Waals surface area (Å²) in [5.41, 5.74) is 10.7. The van der Waals surface area contributed by atoms with Crippen LogP contribution in [0.1, 0.15) is 23.4 Å². The summed E-state index contributed by atoms with van der Waals surface area (Å²) in [6, 6.07) is 10.3. The van der Waals surface area contributed by atoms with Crippen LogP contribution in [0.25, 0.3) is 5.69 Å². The molecule has 3 nitrogen and oxygen atoms in total. The topological polar surface area (TPSA) is 43.8 Å². The number of nitrogens with two attached hydrogens (primary N) is 1. The van der Waals surface area contributed by atoms with Crippen LogP contribution >= 0.6 is 0 Å². The Labute approximate surface area is 94.9 Å². The normalized spacial score (nSPS) is 14.1. The Balaban J connectivity index is 2.15. The highest BCUT2D eigenvalue weighted by atomic mass is 15.3. The fourth-order valence-corrected chi connectivity index (χ4v) is 2.46. The third-order valence-corrected chi connectivity index (χ3v) is 3.21. The fraction of sp³-hybridized carbons (Fsp3) is 0.308. The fourth-order valence-electron chi connectivity index (χ4n) is 2.46. The molecule has 0 amide bonds. The molecule has 16 heavy (non-hydrogen) atoms. The standard InChI is InChI=1S/C13H15N3/c14-9-12-11-7-4-8-13(11)16(15-12)10-5-2-1-3-6-10/h1-3,5-6H,4,7-9,14H2. The summed E-state index contributed by atoms with van der Waals surface area (Å²) < 4.78 is 2.06. The number of para-hydroxylation sites is 1. The highest BCUT2D eigenvalue weighted by Gasteiger charge is 2.21. The van der Waals surface area contributed by atoms with E-state index in [-0.39, 0.29) is 0 Å². The largest absolute Gasteiger partial charge is 0.325 e. The Morgan fingerprint density at radius 1 is 1.19 bits per heavy atom. The van der Waals surface area contributed by atoms with Gasteiger partial charge in [0.2, 0.25) is 0 Å². The second-order valence-corrected chi connectivity index (χ2v) is 4.18. The Kier molecular flexibility index (Phi) is 2.26. The average molecular weight is 213 g/mol. The summed E-state index contributed by atoms with van der Waals surface area (Å²) in [6.07, 6.45) is 3.49. The van der Waals surface area contributed by atoms with Crippen molar-refractivity contribution in [3.63, 3.8) is 0 Å². The molecule has 0 radical (unpaired) electrons. The molecule has 1 aliphatic rings. The van der Waals surface area contributed by atoms with Crippen LogP contribution in [0.4, 0.5) is 0 Å². The molecule has 0 aliphatic heterocycles. The molecule has 0 saturated carbocycles. The van der Waals surface area contributed by atoms with E-state index >= 15 is 0 Å². The summed E-state index contributed by atoms with van der Waals surface area (Å²) in [7, 11) is 0. The van der Waals surface area contributed by atoms with Crippen molar-refractivity contribution < 1.29 is 0 Å². The van der Waals surface area contributed by atoms with E-state index in [1.165, 1.54) is 17.7 Å². The van der Waals surface area contributed by atoms with Gasteiger partial charge in [0.05, 0.1) is 11.4 Å². The molecule has 1 aromatic heterocycles. The SMILES string of the molecule is NCc1nn(-c2ccccc2)c2c1CCC2. The van der Waals surface area contributed by atoms with Gasteiger partial charge in [0, 0.05) is 12.2 Å². The van der Waals surface area contributed by atoms with Crippen molar-refractivity contribution in [2.75, 3.05) is 0 Å². The van der Waals surface area contributed by atoms with Crippen LogP contribution < -0.4 is 5.73 Å². The molecule has 0 saturated heterocycles. The van der Waals surface area contributed by atoms with Gasteiger partial charge in [-0.2, -0.15) is 5.10 Å². The van der Waals surface area contributed by atoms with Gasteiger partial charge >= 0.3 is 0 Å². The molecule has 0 bridgehead atoms. The molecule has 0 spiro atoms. The van der Waals surface area contributed by atoms with Gasteiger partial charge in [-0.15, -0.1) is 0 Å². The Morgan fingerprint density at radius 3 is 2.75 bits per heavy atom. The minimum atomic E-state index is 0.544. The molecule has 2 N–H and O–H groups in total. The Hall–Kier alpha value is -1.61. The maximum Gasteiger partial charge on any atom is 0.0799 e. The molecule has 82 valence electrons. The zero-order valence-electron chi connectivity index (χ0n) is 9.19. The summed E-state index contributed by atoms with van der Waals surface area (Å²) in [5.74, 6) is 0. The third kappa shape index (κ3) is 1.36. The van der Waals surface area contributed by atoms with Crippen LogP contribution in [0, 0.1) is 0 Å². The minimum Gasteiger partial charge on any atom is -0.325 e.